The van der Waals surface area contributed by atoms with Gasteiger partial charge in [-0.3, -0.25) is 4.79 Å². The summed E-state index contributed by atoms with van der Waals surface area (Å²) in [5.74, 6) is 0.418. The molecule has 0 aliphatic rings. The van der Waals surface area contributed by atoms with E-state index >= 15 is 0 Å². The minimum atomic E-state index is -0.579. The maximum Gasteiger partial charge on any atom is 0.308 e. The second kappa shape index (κ2) is 32.3. The van der Waals surface area contributed by atoms with Gasteiger partial charge in [0.05, 0.1) is 12.5 Å². The molecule has 0 aromatic carbocycles. The Morgan fingerprint density at radius 3 is 1.59 bits per heavy atom. The van der Waals surface area contributed by atoms with E-state index in [2.05, 4.69) is 51.6 Å². The van der Waals surface area contributed by atoms with Gasteiger partial charge in [0.25, 0.3) is 0 Å². The van der Waals surface area contributed by atoms with Crippen molar-refractivity contribution in [2.45, 2.75) is 175 Å². The molecule has 1 N–H and O–H groups in total. The highest BCUT2D eigenvalue weighted by Gasteiger charge is 2.18. The van der Waals surface area contributed by atoms with Crippen LogP contribution in [-0.4, -0.2) is 80.7 Å². The normalized spacial score (nSPS) is 13.9. The fraction of sp³-hybridized carbons (Fsp3) is 0.974. The van der Waals surface area contributed by atoms with Gasteiger partial charge >= 0.3 is 5.97 Å². The van der Waals surface area contributed by atoms with Crippen LogP contribution < -0.4 is 0 Å². The van der Waals surface area contributed by atoms with Crippen molar-refractivity contribution in [2.24, 2.45) is 11.8 Å². The lowest BCUT2D eigenvalue weighted by atomic mass is 9.99. The predicted octanol–water partition coefficient (Wildman–Crippen LogP) is 9.62. The summed E-state index contributed by atoms with van der Waals surface area (Å²) in [5.41, 5.74) is 0. The molecule has 0 fully saturated rings. The number of carbonyl (C=O) groups is 1. The summed E-state index contributed by atoms with van der Waals surface area (Å²) in [4.78, 5) is 17.2. The van der Waals surface area contributed by atoms with Crippen molar-refractivity contribution in [2.75, 3.05) is 53.5 Å². The van der Waals surface area contributed by atoms with Crippen molar-refractivity contribution in [3.05, 3.63) is 0 Å². The molecule has 0 aliphatic carbocycles. The number of rotatable bonds is 34. The van der Waals surface area contributed by atoms with Gasteiger partial charge in [-0.1, -0.05) is 118 Å². The standard InChI is InChI=1S/C38H78N2O4/c1-7-11-27-35(9-3)37(41)43-33-25-21-17-13-15-19-23-29-40(32-31-39(5)6)30-24-20-16-14-18-22-26-34-44-38(42)36(10-4)28-12-8-2/h35-37,41H,7-34H2,1-6H3. The van der Waals surface area contributed by atoms with E-state index in [4.69, 9.17) is 9.47 Å². The molecule has 6 nitrogen and oxygen atoms in total. The third-order valence-corrected chi connectivity index (χ3v) is 9.22. The number of aliphatic hydroxyl groups excluding tert-OH is 1. The number of hydrogen-bond donors (Lipinski definition) is 1. The fourth-order valence-corrected chi connectivity index (χ4v) is 5.90. The van der Waals surface area contributed by atoms with Gasteiger partial charge in [-0.2, -0.15) is 0 Å². The topological polar surface area (TPSA) is 62.2 Å². The summed E-state index contributed by atoms with van der Waals surface area (Å²) >= 11 is 0. The van der Waals surface area contributed by atoms with Crippen LogP contribution in [-0.2, 0) is 14.3 Å². The molecule has 0 aromatic rings. The van der Waals surface area contributed by atoms with E-state index in [9.17, 15) is 9.90 Å². The average Bonchev–Trinajstić information content (AvgIpc) is 3.01. The zero-order valence-corrected chi connectivity index (χ0v) is 30.6. The van der Waals surface area contributed by atoms with Crippen LogP contribution in [0.5, 0.6) is 0 Å². The SMILES string of the molecule is CCCCC(CC)C(=O)OCCCCCCCCCN(CCCCCCCCCOC(O)C(CC)CCCC)CCN(C)C. The molecule has 0 saturated heterocycles. The third kappa shape index (κ3) is 26.5. The van der Waals surface area contributed by atoms with Crippen LogP contribution in [0.4, 0.5) is 0 Å². The maximum atomic E-state index is 12.2. The van der Waals surface area contributed by atoms with Crippen LogP contribution in [0.3, 0.4) is 0 Å². The first-order chi connectivity index (χ1) is 21.4. The molecule has 3 unspecified atom stereocenters. The summed E-state index contributed by atoms with van der Waals surface area (Å²) in [5, 5.41) is 10.3. The summed E-state index contributed by atoms with van der Waals surface area (Å²) in [6.45, 7) is 14.7. The van der Waals surface area contributed by atoms with Crippen molar-refractivity contribution in [3.8, 4) is 0 Å². The van der Waals surface area contributed by atoms with E-state index in [-0.39, 0.29) is 11.9 Å². The molecule has 0 aromatic heterocycles. The summed E-state index contributed by atoms with van der Waals surface area (Å²) in [6.07, 6.45) is 25.5. The summed E-state index contributed by atoms with van der Waals surface area (Å²) in [6, 6.07) is 0. The lowest BCUT2D eigenvalue weighted by molar-refractivity contribution is -0.149. The average molecular weight is 627 g/mol. The third-order valence-electron chi connectivity index (χ3n) is 9.22. The van der Waals surface area contributed by atoms with Gasteiger partial charge in [0.1, 0.15) is 0 Å². The zero-order chi connectivity index (χ0) is 32.7. The first kappa shape index (κ1) is 43.3. The van der Waals surface area contributed by atoms with E-state index < -0.39 is 6.29 Å². The van der Waals surface area contributed by atoms with E-state index in [0.29, 0.717) is 19.1 Å². The number of aliphatic hydroxyl groups is 1. The fourth-order valence-electron chi connectivity index (χ4n) is 5.90. The van der Waals surface area contributed by atoms with E-state index in [1.54, 1.807) is 0 Å². The molecule has 0 aliphatic heterocycles. The Balaban J connectivity index is 3.84. The number of esters is 1. The number of likely N-dealkylation sites (N-methyl/N-ethyl adjacent to an activating group) is 1. The van der Waals surface area contributed by atoms with E-state index in [1.165, 1.54) is 110 Å². The monoisotopic (exact) mass is 627 g/mol. The Morgan fingerprint density at radius 1 is 0.591 bits per heavy atom. The molecule has 3 atom stereocenters. The van der Waals surface area contributed by atoms with Crippen LogP contribution in [0.2, 0.25) is 0 Å². The molecule has 6 heteroatoms. The van der Waals surface area contributed by atoms with Gasteiger partial charge in [0.15, 0.2) is 6.29 Å². The predicted molar refractivity (Wildman–Crippen MR) is 189 cm³/mol. The number of ether oxygens (including phenoxy) is 2. The van der Waals surface area contributed by atoms with Crippen molar-refractivity contribution >= 4 is 5.97 Å². The zero-order valence-electron chi connectivity index (χ0n) is 30.6. The highest BCUT2D eigenvalue weighted by Crippen LogP contribution is 2.19. The van der Waals surface area contributed by atoms with E-state index in [0.717, 1.165) is 57.9 Å². The van der Waals surface area contributed by atoms with Gasteiger partial charge < -0.3 is 24.4 Å². The summed E-state index contributed by atoms with van der Waals surface area (Å²) in [7, 11) is 4.35. The molecule has 0 bridgehead atoms. The highest BCUT2D eigenvalue weighted by molar-refractivity contribution is 5.72. The van der Waals surface area contributed by atoms with Gasteiger partial charge in [0, 0.05) is 25.6 Å². The molecule has 0 saturated carbocycles. The first-order valence-corrected chi connectivity index (χ1v) is 19.2. The quantitative estimate of drug-likeness (QED) is 0.0436. The van der Waals surface area contributed by atoms with Crippen LogP contribution >= 0.6 is 0 Å². The number of unbranched alkanes of at least 4 members (excludes halogenated alkanes) is 14. The number of nitrogens with zero attached hydrogens (tertiary/aromatic N) is 2. The Morgan fingerprint density at radius 2 is 1.09 bits per heavy atom. The molecule has 0 radical (unpaired) electrons. The Labute approximate surface area is 275 Å². The molecule has 0 rings (SSSR count). The second-order valence-corrected chi connectivity index (χ2v) is 13.6. The Hall–Kier alpha value is -0.690. The van der Waals surface area contributed by atoms with Crippen molar-refractivity contribution < 1.29 is 19.4 Å². The molecule has 44 heavy (non-hydrogen) atoms. The van der Waals surface area contributed by atoms with Crippen LogP contribution in [0, 0.1) is 11.8 Å². The van der Waals surface area contributed by atoms with Gasteiger partial charge in [0.2, 0.25) is 0 Å². The maximum absolute atomic E-state index is 12.2. The Kier molecular flexibility index (Phi) is 31.8. The second-order valence-electron chi connectivity index (χ2n) is 13.6. The van der Waals surface area contributed by atoms with Crippen LogP contribution in [0.1, 0.15) is 169 Å². The lowest BCUT2D eigenvalue weighted by Crippen LogP contribution is -2.33. The molecule has 264 valence electrons. The minimum Gasteiger partial charge on any atom is -0.465 e. The lowest BCUT2D eigenvalue weighted by Gasteiger charge is -2.24. The van der Waals surface area contributed by atoms with Crippen LogP contribution in [0.15, 0.2) is 0 Å². The first-order valence-electron chi connectivity index (χ1n) is 19.2. The van der Waals surface area contributed by atoms with Crippen molar-refractivity contribution in [1.29, 1.82) is 0 Å². The smallest absolute Gasteiger partial charge is 0.308 e. The molecular formula is C38H78N2O4. The highest BCUT2D eigenvalue weighted by atomic mass is 16.6. The summed E-state index contributed by atoms with van der Waals surface area (Å²) < 4.78 is 11.3. The van der Waals surface area contributed by atoms with E-state index in [1.807, 2.05) is 0 Å². The van der Waals surface area contributed by atoms with Gasteiger partial charge in [-0.25, -0.2) is 0 Å². The van der Waals surface area contributed by atoms with Crippen LogP contribution in [0.25, 0.3) is 0 Å². The van der Waals surface area contributed by atoms with Crippen molar-refractivity contribution in [1.82, 2.24) is 9.80 Å². The number of hydrogen-bond acceptors (Lipinski definition) is 6. The molecule has 0 heterocycles. The number of carbonyl (C=O) groups excluding carboxylic acids is 1. The Bertz CT molecular complexity index is 603. The van der Waals surface area contributed by atoms with Crippen molar-refractivity contribution in [3.63, 3.8) is 0 Å². The van der Waals surface area contributed by atoms with Gasteiger partial charge in [-0.05, 0) is 78.6 Å². The molecule has 0 spiro atoms. The molecule has 0 amide bonds. The molecular weight excluding hydrogens is 548 g/mol. The van der Waals surface area contributed by atoms with Gasteiger partial charge in [-0.15, -0.1) is 0 Å². The largest absolute Gasteiger partial charge is 0.465 e. The minimum absolute atomic E-state index is 0.0247.